The Bertz CT molecular complexity index is 1870. The fourth-order valence-electron chi connectivity index (χ4n) is 16.4. The van der Waals surface area contributed by atoms with Gasteiger partial charge in [0.15, 0.2) is 0 Å². The summed E-state index contributed by atoms with van der Waals surface area (Å²) in [5.41, 5.74) is 6.27. The number of hydrogen-bond acceptors (Lipinski definition) is 5. The minimum atomic E-state index is -0.658. The van der Waals surface area contributed by atoms with E-state index in [0.717, 1.165) is 90.0 Å². The molecule has 2 aromatic carbocycles. The van der Waals surface area contributed by atoms with E-state index >= 15 is 8.78 Å². The summed E-state index contributed by atoms with van der Waals surface area (Å²) in [6.07, 6.45) is 13.1. The van der Waals surface area contributed by atoms with E-state index in [-0.39, 0.29) is 46.1 Å². The zero-order chi connectivity index (χ0) is 39.3. The molecule has 1 saturated heterocycles. The summed E-state index contributed by atoms with van der Waals surface area (Å²) in [4.78, 5) is 29.3. The van der Waals surface area contributed by atoms with Gasteiger partial charge in [0, 0.05) is 23.4 Å². The van der Waals surface area contributed by atoms with Crippen molar-refractivity contribution in [3.05, 3.63) is 71.3 Å². The molecule has 9 heteroatoms. The summed E-state index contributed by atoms with van der Waals surface area (Å²) in [6, 6.07) is 19.6. The normalized spacial score (nSPS) is 45.5. The molecule has 10 atom stereocenters. The van der Waals surface area contributed by atoms with Crippen LogP contribution in [-0.2, 0) is 25.8 Å². The highest BCUT2D eigenvalue weighted by Crippen LogP contribution is 2.75. The smallest absolute Gasteiger partial charge is 0.226 e. The van der Waals surface area contributed by atoms with Crippen molar-refractivity contribution in [1.82, 2.24) is 16.0 Å². The van der Waals surface area contributed by atoms with E-state index in [1.807, 2.05) is 6.07 Å². The first kappa shape index (κ1) is 38.3. The van der Waals surface area contributed by atoms with Crippen molar-refractivity contribution < 1.29 is 23.5 Å². The molecule has 0 radical (unpaired) electrons. The molecule has 10 aliphatic rings. The number of piperidine rings is 1. The van der Waals surface area contributed by atoms with Crippen molar-refractivity contribution >= 4 is 11.8 Å². The third-order valence-corrected chi connectivity index (χ3v) is 17.7. The number of carbonyl (C=O) groups excluding carboxylic acids is 2. The van der Waals surface area contributed by atoms with Gasteiger partial charge in [-0.2, -0.15) is 0 Å². The lowest BCUT2D eigenvalue weighted by molar-refractivity contribution is -0.172. The molecule has 2 aromatic rings. The molecule has 57 heavy (non-hydrogen) atoms. The van der Waals surface area contributed by atoms with Crippen molar-refractivity contribution in [2.24, 2.45) is 39.2 Å². The van der Waals surface area contributed by atoms with Gasteiger partial charge in [0.25, 0.3) is 0 Å². The van der Waals surface area contributed by atoms with Crippen LogP contribution >= 0.6 is 0 Å². The number of halogens is 2. The maximum absolute atomic E-state index is 15.9. The lowest BCUT2D eigenvalue weighted by Gasteiger charge is -2.70. The van der Waals surface area contributed by atoms with E-state index in [1.165, 1.54) is 16.7 Å². The van der Waals surface area contributed by atoms with Crippen molar-refractivity contribution in [1.29, 1.82) is 0 Å². The van der Waals surface area contributed by atoms with Crippen LogP contribution in [0.3, 0.4) is 0 Å². The topological polar surface area (TPSA) is 116 Å². The SMILES string of the molecule is NCC1CCC(NC(=O)C23CC4(c5ccc([C@]67CC8CC(C(=O)N[C@@H]9CCNC[C@H]9O)(C[C@](CF)(C8)C6)C7)cc5)C[C@@](CF)(C2)C[C@@](c2ccccc2)(C3)C4)CC1. The Labute approximate surface area is 337 Å². The number of hydrogen-bond donors (Lipinski definition) is 5. The maximum atomic E-state index is 15.9. The van der Waals surface area contributed by atoms with Crippen LogP contribution in [-0.4, -0.2) is 68.1 Å². The average molecular weight is 783 g/mol. The Morgan fingerprint density at radius 1 is 0.667 bits per heavy atom. The monoisotopic (exact) mass is 782 g/mol. The molecule has 4 unspecified atom stereocenters. The molecule has 9 saturated carbocycles. The highest BCUT2D eigenvalue weighted by atomic mass is 19.1. The summed E-state index contributed by atoms with van der Waals surface area (Å²) in [5.74, 6) is 0.936. The van der Waals surface area contributed by atoms with Crippen LogP contribution in [0.2, 0.25) is 0 Å². The Morgan fingerprint density at radius 3 is 1.91 bits per heavy atom. The number of carbonyl (C=O) groups is 2. The standard InChI is InChI=1S/C48H64F2N4O3/c49-30-42-16-33-17-44(21-42,26-45(18-33,22-42)40(56)54-38-14-15-52-20-39(38)55)35-8-10-36(11-9-35)47-24-43(31-50)23-46(27-47,34-4-2-1-3-5-34)28-48(25-43,29-47)41(57)53-37-12-6-32(19-51)7-13-37/h1-5,8-11,32-33,37-39,52,55H,6-7,12-31,51H2,(H,53,57)(H,54,56)/t32?,33?,37?,38-,39-,42+,43-,44-,45?,46+,47?,48?/m1/s1. The summed E-state index contributed by atoms with van der Waals surface area (Å²) in [5, 5.41) is 20.7. The molecular weight excluding hydrogens is 719 g/mol. The van der Waals surface area contributed by atoms with Crippen molar-refractivity contribution in [2.45, 2.75) is 144 Å². The number of nitrogens with two attached hydrogens (primary N) is 1. The van der Waals surface area contributed by atoms with Gasteiger partial charge in [-0.3, -0.25) is 18.4 Å². The molecule has 308 valence electrons. The Hall–Kier alpha value is -2.88. The number of nitrogens with one attached hydrogen (secondary N) is 3. The molecule has 10 fully saturated rings. The van der Waals surface area contributed by atoms with Crippen LogP contribution in [0.25, 0.3) is 0 Å². The predicted octanol–water partition coefficient (Wildman–Crippen LogP) is 6.84. The van der Waals surface area contributed by atoms with Crippen LogP contribution in [0, 0.1) is 33.5 Å². The third-order valence-electron chi connectivity index (χ3n) is 17.7. The molecule has 1 aliphatic heterocycles. The van der Waals surface area contributed by atoms with Gasteiger partial charge in [-0.1, -0.05) is 54.6 Å². The molecule has 6 N–H and O–H groups in total. The van der Waals surface area contributed by atoms with Gasteiger partial charge in [-0.25, -0.2) is 0 Å². The second-order valence-corrected chi connectivity index (χ2v) is 21.7. The molecule has 9 aliphatic carbocycles. The fourth-order valence-corrected chi connectivity index (χ4v) is 16.4. The third kappa shape index (κ3) is 6.08. The molecule has 1 heterocycles. The van der Waals surface area contributed by atoms with E-state index in [2.05, 4.69) is 64.5 Å². The van der Waals surface area contributed by atoms with Gasteiger partial charge >= 0.3 is 0 Å². The molecule has 2 amide bonds. The summed E-state index contributed by atoms with van der Waals surface area (Å²) in [6.45, 7) is 1.08. The van der Waals surface area contributed by atoms with Gasteiger partial charge in [-0.15, -0.1) is 0 Å². The Balaban J connectivity index is 0.990. The minimum absolute atomic E-state index is 0.00340. The summed E-state index contributed by atoms with van der Waals surface area (Å²) in [7, 11) is 0. The molecule has 0 aromatic heterocycles. The average Bonchev–Trinajstić information content (AvgIpc) is 3.21. The molecule has 7 nitrogen and oxygen atoms in total. The van der Waals surface area contributed by atoms with Gasteiger partial charge < -0.3 is 26.8 Å². The van der Waals surface area contributed by atoms with Crippen molar-refractivity contribution in [3.8, 4) is 0 Å². The van der Waals surface area contributed by atoms with E-state index in [9.17, 15) is 14.7 Å². The second-order valence-electron chi connectivity index (χ2n) is 21.7. The van der Waals surface area contributed by atoms with Crippen LogP contribution in [0.4, 0.5) is 8.78 Å². The second kappa shape index (κ2) is 13.6. The molecular formula is C48H64F2N4O3. The quantitative estimate of drug-likeness (QED) is 0.181. The number of rotatable bonds is 10. The Morgan fingerprint density at radius 2 is 1.26 bits per heavy atom. The van der Waals surface area contributed by atoms with Gasteiger partial charge in [-0.05, 0) is 167 Å². The highest BCUT2D eigenvalue weighted by molar-refractivity contribution is 5.85. The first-order valence-corrected chi connectivity index (χ1v) is 22.4. The van der Waals surface area contributed by atoms with Gasteiger partial charge in [0.05, 0.1) is 36.3 Å². The maximum Gasteiger partial charge on any atom is 0.226 e. The molecule has 12 rings (SSSR count). The van der Waals surface area contributed by atoms with Crippen molar-refractivity contribution in [2.75, 3.05) is 33.0 Å². The van der Waals surface area contributed by atoms with Crippen LogP contribution < -0.4 is 21.7 Å². The number of benzene rings is 2. The number of aliphatic hydroxyl groups excluding tert-OH is 1. The first-order valence-electron chi connectivity index (χ1n) is 22.4. The van der Waals surface area contributed by atoms with E-state index in [0.29, 0.717) is 44.7 Å². The van der Waals surface area contributed by atoms with Gasteiger partial charge in [0.1, 0.15) is 0 Å². The summed E-state index contributed by atoms with van der Waals surface area (Å²) < 4.78 is 31.2. The highest BCUT2D eigenvalue weighted by Gasteiger charge is 2.71. The first-order chi connectivity index (χ1) is 27.4. The van der Waals surface area contributed by atoms with Crippen LogP contribution in [0.15, 0.2) is 54.6 Å². The zero-order valence-corrected chi connectivity index (χ0v) is 33.7. The number of aliphatic hydroxyl groups is 1. The number of amides is 2. The number of β-amino-alcohol motifs (C(OH)–C–C–N with tert-alkyl or cyclic N) is 1. The van der Waals surface area contributed by atoms with E-state index in [1.54, 1.807) is 0 Å². The fraction of sp³-hybridized carbons (Fsp3) is 0.708. The zero-order valence-electron chi connectivity index (χ0n) is 33.7. The lowest BCUT2D eigenvalue weighted by atomic mass is 9.33. The van der Waals surface area contributed by atoms with Crippen LogP contribution in [0.1, 0.15) is 126 Å². The minimum Gasteiger partial charge on any atom is -0.390 e. The largest absolute Gasteiger partial charge is 0.390 e. The van der Waals surface area contributed by atoms with E-state index < -0.39 is 41.1 Å². The van der Waals surface area contributed by atoms with Crippen LogP contribution in [0.5, 0.6) is 0 Å². The Kier molecular flexibility index (Phi) is 9.13. The molecule has 0 spiro atoms. The number of alkyl halides is 2. The summed E-state index contributed by atoms with van der Waals surface area (Å²) >= 11 is 0. The van der Waals surface area contributed by atoms with E-state index in [4.69, 9.17) is 5.73 Å². The van der Waals surface area contributed by atoms with Gasteiger partial charge in [0.2, 0.25) is 11.8 Å². The van der Waals surface area contributed by atoms with Crippen molar-refractivity contribution in [3.63, 3.8) is 0 Å². The molecule has 8 bridgehead atoms. The predicted molar refractivity (Wildman–Crippen MR) is 217 cm³/mol. The lowest BCUT2D eigenvalue weighted by Crippen LogP contribution is -2.68.